The van der Waals surface area contributed by atoms with Crippen molar-refractivity contribution >= 4 is 31.9 Å². The van der Waals surface area contributed by atoms with Gasteiger partial charge in [-0.1, -0.05) is 44.0 Å². The maximum atomic E-state index is 4.34. The van der Waals surface area contributed by atoms with Crippen LogP contribution in [0.15, 0.2) is 28.7 Å². The van der Waals surface area contributed by atoms with Gasteiger partial charge in [0.15, 0.2) is 0 Å². The average Bonchev–Trinajstić information content (AvgIpc) is 3.11. The molecule has 0 radical (unpaired) electrons. The standard InChI is InChI=1S/C13H13Br2N3/c14-8-13-17-16-12(18(13)11-4-5-11)7-9-2-1-3-10(15)6-9/h1-3,6,11H,4-5,7-8H2. The average molecular weight is 371 g/mol. The van der Waals surface area contributed by atoms with Gasteiger partial charge in [-0.2, -0.15) is 0 Å². The minimum Gasteiger partial charge on any atom is -0.311 e. The van der Waals surface area contributed by atoms with Gasteiger partial charge in [0.2, 0.25) is 0 Å². The molecule has 0 aliphatic heterocycles. The van der Waals surface area contributed by atoms with Crippen LogP contribution in [0.3, 0.4) is 0 Å². The Balaban J connectivity index is 1.90. The lowest BCUT2D eigenvalue weighted by Crippen LogP contribution is -2.05. The monoisotopic (exact) mass is 369 g/mol. The Hall–Kier alpha value is -0.680. The van der Waals surface area contributed by atoms with E-state index in [2.05, 4.69) is 64.8 Å². The fraction of sp³-hybridized carbons (Fsp3) is 0.385. The van der Waals surface area contributed by atoms with Crippen LogP contribution in [0.5, 0.6) is 0 Å². The molecule has 1 aliphatic carbocycles. The van der Waals surface area contributed by atoms with Crippen LogP contribution in [0, 0.1) is 0 Å². The molecule has 0 saturated heterocycles. The SMILES string of the molecule is BrCc1nnc(Cc2cccc(Br)c2)n1C1CC1. The topological polar surface area (TPSA) is 30.7 Å². The minimum atomic E-state index is 0.620. The van der Waals surface area contributed by atoms with Crippen LogP contribution >= 0.6 is 31.9 Å². The molecular formula is C13H13Br2N3. The van der Waals surface area contributed by atoms with Crippen molar-refractivity contribution in [1.29, 1.82) is 0 Å². The highest BCUT2D eigenvalue weighted by molar-refractivity contribution is 9.10. The van der Waals surface area contributed by atoms with Crippen LogP contribution in [0.1, 0.15) is 36.1 Å². The number of benzene rings is 1. The molecule has 0 bridgehead atoms. The number of hydrogen-bond donors (Lipinski definition) is 0. The zero-order valence-corrected chi connectivity index (χ0v) is 13.0. The van der Waals surface area contributed by atoms with Crippen molar-refractivity contribution in [2.45, 2.75) is 30.6 Å². The highest BCUT2D eigenvalue weighted by Gasteiger charge is 2.28. The van der Waals surface area contributed by atoms with E-state index in [4.69, 9.17) is 0 Å². The van der Waals surface area contributed by atoms with Crippen molar-refractivity contribution in [1.82, 2.24) is 14.8 Å². The summed E-state index contributed by atoms with van der Waals surface area (Å²) in [5, 5.41) is 9.38. The molecule has 2 aromatic rings. The summed E-state index contributed by atoms with van der Waals surface area (Å²) in [5.74, 6) is 2.12. The quantitative estimate of drug-likeness (QED) is 0.765. The molecule has 1 saturated carbocycles. The number of nitrogens with zero attached hydrogens (tertiary/aromatic N) is 3. The Morgan fingerprint density at radius 3 is 2.67 bits per heavy atom. The molecule has 0 spiro atoms. The van der Waals surface area contributed by atoms with Gasteiger partial charge in [-0.15, -0.1) is 10.2 Å². The van der Waals surface area contributed by atoms with Crippen LogP contribution in [0.2, 0.25) is 0 Å². The van der Waals surface area contributed by atoms with E-state index < -0.39 is 0 Å². The van der Waals surface area contributed by atoms with Gasteiger partial charge in [0, 0.05) is 16.9 Å². The van der Waals surface area contributed by atoms with E-state index in [0.29, 0.717) is 6.04 Å². The van der Waals surface area contributed by atoms with Gasteiger partial charge in [-0.25, -0.2) is 0 Å². The summed E-state index contributed by atoms with van der Waals surface area (Å²) < 4.78 is 3.41. The Labute approximate surface area is 123 Å². The molecule has 1 fully saturated rings. The molecule has 1 aromatic heterocycles. The third-order valence-corrected chi connectivity index (χ3v) is 4.11. The van der Waals surface area contributed by atoms with Crippen molar-refractivity contribution < 1.29 is 0 Å². The van der Waals surface area contributed by atoms with Gasteiger partial charge in [0.25, 0.3) is 0 Å². The summed E-state index contributed by atoms with van der Waals surface area (Å²) in [6.07, 6.45) is 3.35. The summed E-state index contributed by atoms with van der Waals surface area (Å²) in [4.78, 5) is 0. The van der Waals surface area contributed by atoms with Gasteiger partial charge in [0.05, 0.1) is 5.33 Å². The van der Waals surface area contributed by atoms with Crippen LogP contribution in [-0.4, -0.2) is 14.8 Å². The molecule has 94 valence electrons. The highest BCUT2D eigenvalue weighted by Crippen LogP contribution is 2.37. The Morgan fingerprint density at radius 2 is 2.00 bits per heavy atom. The molecular weight excluding hydrogens is 358 g/mol. The molecule has 18 heavy (non-hydrogen) atoms. The van der Waals surface area contributed by atoms with Crippen LogP contribution in [-0.2, 0) is 11.8 Å². The van der Waals surface area contributed by atoms with Crippen molar-refractivity contribution in [2.75, 3.05) is 0 Å². The van der Waals surface area contributed by atoms with E-state index in [-0.39, 0.29) is 0 Å². The minimum absolute atomic E-state index is 0.620. The van der Waals surface area contributed by atoms with Crippen LogP contribution < -0.4 is 0 Å². The largest absolute Gasteiger partial charge is 0.311 e. The highest BCUT2D eigenvalue weighted by atomic mass is 79.9. The first-order valence-electron chi connectivity index (χ1n) is 6.01. The molecule has 3 rings (SSSR count). The number of aromatic nitrogens is 3. The van der Waals surface area contributed by atoms with E-state index in [1.165, 1.54) is 18.4 Å². The summed E-state index contributed by atoms with van der Waals surface area (Å²) in [5.41, 5.74) is 1.26. The molecule has 1 aromatic carbocycles. The fourth-order valence-electron chi connectivity index (χ4n) is 2.16. The summed E-state index contributed by atoms with van der Waals surface area (Å²) in [6, 6.07) is 8.99. The number of hydrogen-bond acceptors (Lipinski definition) is 2. The Bertz CT molecular complexity index is 561. The fourth-order valence-corrected chi connectivity index (χ4v) is 2.99. The van der Waals surface area contributed by atoms with E-state index >= 15 is 0 Å². The van der Waals surface area contributed by atoms with Gasteiger partial charge in [-0.3, -0.25) is 0 Å². The molecule has 0 unspecified atom stereocenters. The first-order chi connectivity index (χ1) is 8.78. The molecule has 1 aliphatic rings. The second-order valence-electron chi connectivity index (χ2n) is 4.57. The predicted molar refractivity (Wildman–Crippen MR) is 77.9 cm³/mol. The molecule has 1 heterocycles. The lowest BCUT2D eigenvalue weighted by molar-refractivity contribution is 0.671. The number of alkyl halides is 1. The van der Waals surface area contributed by atoms with Crippen molar-refractivity contribution in [3.63, 3.8) is 0 Å². The normalized spacial score (nSPS) is 15.0. The summed E-state index contributed by atoms with van der Waals surface area (Å²) in [6.45, 7) is 0. The first kappa shape index (κ1) is 12.4. The van der Waals surface area contributed by atoms with Gasteiger partial charge < -0.3 is 4.57 Å². The molecule has 5 heteroatoms. The molecule has 3 nitrogen and oxygen atoms in total. The maximum absolute atomic E-state index is 4.34. The van der Waals surface area contributed by atoms with Gasteiger partial charge >= 0.3 is 0 Å². The zero-order chi connectivity index (χ0) is 12.5. The van der Waals surface area contributed by atoms with Crippen molar-refractivity contribution in [3.8, 4) is 0 Å². The van der Waals surface area contributed by atoms with E-state index in [0.717, 1.165) is 27.9 Å². The maximum Gasteiger partial charge on any atom is 0.143 e. The third kappa shape index (κ3) is 2.52. The first-order valence-corrected chi connectivity index (χ1v) is 7.92. The Morgan fingerprint density at radius 1 is 1.22 bits per heavy atom. The lowest BCUT2D eigenvalue weighted by Gasteiger charge is -2.07. The van der Waals surface area contributed by atoms with Crippen molar-refractivity contribution in [3.05, 3.63) is 46.0 Å². The predicted octanol–water partition coefficient (Wildman–Crippen LogP) is 3.86. The molecule has 0 N–H and O–H groups in total. The second kappa shape index (κ2) is 5.13. The van der Waals surface area contributed by atoms with E-state index in [1.54, 1.807) is 0 Å². The Kier molecular flexibility index (Phi) is 3.52. The van der Waals surface area contributed by atoms with Crippen molar-refractivity contribution in [2.24, 2.45) is 0 Å². The van der Waals surface area contributed by atoms with E-state index in [1.807, 2.05) is 6.07 Å². The number of rotatable bonds is 4. The summed E-state index contributed by atoms with van der Waals surface area (Å²) in [7, 11) is 0. The molecule has 0 atom stereocenters. The van der Waals surface area contributed by atoms with E-state index in [9.17, 15) is 0 Å². The molecule has 0 amide bonds. The third-order valence-electron chi connectivity index (χ3n) is 3.12. The summed E-state index contributed by atoms with van der Waals surface area (Å²) >= 11 is 6.99. The second-order valence-corrected chi connectivity index (χ2v) is 6.05. The van der Waals surface area contributed by atoms with Gasteiger partial charge in [-0.05, 0) is 30.5 Å². The smallest absolute Gasteiger partial charge is 0.143 e. The van der Waals surface area contributed by atoms with Crippen LogP contribution in [0.4, 0.5) is 0 Å². The number of halogens is 2. The van der Waals surface area contributed by atoms with Crippen LogP contribution in [0.25, 0.3) is 0 Å². The van der Waals surface area contributed by atoms with Gasteiger partial charge in [0.1, 0.15) is 11.6 Å². The lowest BCUT2D eigenvalue weighted by atomic mass is 10.1. The zero-order valence-electron chi connectivity index (χ0n) is 9.81.